The number of carbonyl (C=O) groups is 1. The molecule has 142 valence electrons. The van der Waals surface area contributed by atoms with Crippen LogP contribution < -0.4 is 5.32 Å². The van der Waals surface area contributed by atoms with Crippen molar-refractivity contribution in [3.8, 4) is 11.6 Å². The Morgan fingerprint density at radius 3 is 2.78 bits per heavy atom. The summed E-state index contributed by atoms with van der Waals surface area (Å²) in [5.41, 5.74) is -0.781. The van der Waals surface area contributed by atoms with E-state index in [0.717, 1.165) is 23.9 Å². The predicted molar refractivity (Wildman–Crippen MR) is 94.5 cm³/mol. The molecule has 1 unspecified atom stereocenters. The average Bonchev–Trinajstić information content (AvgIpc) is 3.26. The molecule has 0 spiro atoms. The second kappa shape index (κ2) is 7.65. The molecule has 6 nitrogen and oxygen atoms in total. The lowest BCUT2D eigenvalue weighted by Gasteiger charge is -2.15. The molecule has 0 bridgehead atoms. The summed E-state index contributed by atoms with van der Waals surface area (Å²) in [6, 6.07) is 6.63. The van der Waals surface area contributed by atoms with Gasteiger partial charge in [-0.05, 0) is 37.3 Å². The highest BCUT2D eigenvalue weighted by atomic mass is 35.5. The normalized spacial score (nSPS) is 12.8. The second-order valence-corrected chi connectivity index (χ2v) is 7.12. The van der Waals surface area contributed by atoms with Gasteiger partial charge in [0.25, 0.3) is 11.1 Å². The van der Waals surface area contributed by atoms with Crippen molar-refractivity contribution in [1.29, 1.82) is 0 Å². The van der Waals surface area contributed by atoms with E-state index in [1.54, 1.807) is 18.3 Å². The van der Waals surface area contributed by atoms with E-state index in [1.807, 2.05) is 0 Å². The predicted octanol–water partition coefficient (Wildman–Crippen LogP) is 4.86. The molecule has 0 radical (unpaired) electrons. The molecule has 0 fully saturated rings. The van der Waals surface area contributed by atoms with Crippen molar-refractivity contribution in [2.24, 2.45) is 0 Å². The minimum absolute atomic E-state index is 0.0783. The quantitative estimate of drug-likeness (QED) is 0.580. The Bertz CT molecular complexity index is 944. The van der Waals surface area contributed by atoms with Crippen LogP contribution in [0.2, 0.25) is 5.02 Å². The van der Waals surface area contributed by atoms with Gasteiger partial charge in [-0.25, -0.2) is 0 Å². The number of halogens is 4. The number of nitrogens with zero attached hydrogens (tertiary/aromatic N) is 2. The summed E-state index contributed by atoms with van der Waals surface area (Å²) in [7, 11) is 0. The Labute approximate surface area is 160 Å². The Balaban J connectivity index is 1.70. The van der Waals surface area contributed by atoms with Crippen molar-refractivity contribution < 1.29 is 22.4 Å². The van der Waals surface area contributed by atoms with E-state index >= 15 is 0 Å². The van der Waals surface area contributed by atoms with Crippen molar-refractivity contribution in [2.75, 3.05) is 5.32 Å². The Hall–Kier alpha value is -2.46. The van der Waals surface area contributed by atoms with Crippen LogP contribution in [-0.4, -0.2) is 26.3 Å². The SMILES string of the molecule is CC(Sc1nnc(-c2ccc[nH]2)o1)C(=O)Nc1ccc(Cl)cc1C(F)(F)F. The zero-order valence-electron chi connectivity index (χ0n) is 13.7. The molecule has 1 atom stereocenters. The van der Waals surface area contributed by atoms with Crippen molar-refractivity contribution >= 4 is 35.0 Å². The van der Waals surface area contributed by atoms with Crippen LogP contribution in [0.5, 0.6) is 0 Å². The molecule has 0 saturated carbocycles. The van der Waals surface area contributed by atoms with Crippen molar-refractivity contribution in [3.05, 3.63) is 47.1 Å². The number of aromatic amines is 1. The molecule has 0 aliphatic rings. The molecule has 11 heteroatoms. The third-order valence-electron chi connectivity index (χ3n) is 3.43. The highest BCUT2D eigenvalue weighted by Crippen LogP contribution is 2.37. The number of aromatic nitrogens is 3. The number of hydrogen-bond donors (Lipinski definition) is 2. The largest absolute Gasteiger partial charge is 0.418 e. The van der Waals surface area contributed by atoms with Gasteiger partial charge in [0.15, 0.2) is 0 Å². The standard InChI is InChI=1S/C16H12ClF3N4O2S/c1-8(27-15-24-23-14(26-15)12-3-2-6-21-12)13(25)22-11-5-4-9(17)7-10(11)16(18,19)20/h2-8,21H,1H3,(H,22,25). The number of anilines is 1. The number of amides is 1. The number of thioether (sulfide) groups is 1. The van der Waals surface area contributed by atoms with Gasteiger partial charge in [0.1, 0.15) is 5.69 Å². The summed E-state index contributed by atoms with van der Waals surface area (Å²) in [5.74, 6) is -0.403. The molecule has 27 heavy (non-hydrogen) atoms. The summed E-state index contributed by atoms with van der Waals surface area (Å²) < 4.78 is 44.8. The number of hydrogen-bond acceptors (Lipinski definition) is 5. The maximum Gasteiger partial charge on any atom is 0.418 e. The zero-order valence-corrected chi connectivity index (χ0v) is 15.2. The van der Waals surface area contributed by atoms with Gasteiger partial charge in [-0.3, -0.25) is 4.79 Å². The maximum atomic E-state index is 13.1. The Morgan fingerprint density at radius 2 is 2.11 bits per heavy atom. The van der Waals surface area contributed by atoms with Gasteiger partial charge >= 0.3 is 6.18 Å². The van der Waals surface area contributed by atoms with E-state index < -0.39 is 22.9 Å². The number of nitrogens with one attached hydrogen (secondary N) is 2. The molecule has 2 heterocycles. The fraction of sp³-hybridized carbons (Fsp3) is 0.188. The number of rotatable bonds is 5. The smallest absolute Gasteiger partial charge is 0.410 e. The minimum Gasteiger partial charge on any atom is -0.410 e. The Morgan fingerprint density at radius 1 is 1.33 bits per heavy atom. The van der Waals surface area contributed by atoms with Crippen molar-refractivity contribution in [3.63, 3.8) is 0 Å². The van der Waals surface area contributed by atoms with Gasteiger partial charge in [-0.15, -0.1) is 10.2 Å². The van der Waals surface area contributed by atoms with E-state index in [2.05, 4.69) is 20.5 Å². The van der Waals surface area contributed by atoms with E-state index in [0.29, 0.717) is 5.69 Å². The van der Waals surface area contributed by atoms with Crippen LogP contribution >= 0.6 is 23.4 Å². The molecule has 3 aromatic rings. The van der Waals surface area contributed by atoms with Gasteiger partial charge in [-0.2, -0.15) is 13.2 Å². The van der Waals surface area contributed by atoms with E-state index in [1.165, 1.54) is 13.0 Å². The summed E-state index contributed by atoms with van der Waals surface area (Å²) in [5, 5.41) is 9.19. The zero-order chi connectivity index (χ0) is 19.6. The topological polar surface area (TPSA) is 83.8 Å². The highest BCUT2D eigenvalue weighted by Gasteiger charge is 2.34. The van der Waals surface area contributed by atoms with Crippen molar-refractivity contribution in [1.82, 2.24) is 15.2 Å². The molecule has 1 aromatic carbocycles. The molecule has 1 amide bonds. The van der Waals surface area contributed by atoms with Crippen LogP contribution in [-0.2, 0) is 11.0 Å². The van der Waals surface area contributed by atoms with Crippen LogP contribution in [0.25, 0.3) is 11.6 Å². The van der Waals surface area contributed by atoms with Crippen LogP contribution in [0.15, 0.2) is 46.2 Å². The number of H-pyrrole nitrogens is 1. The molecule has 2 aromatic heterocycles. The third kappa shape index (κ3) is 4.64. The summed E-state index contributed by atoms with van der Waals surface area (Å²) in [6.45, 7) is 1.52. The molecular formula is C16H12ClF3N4O2S. The summed E-state index contributed by atoms with van der Waals surface area (Å²) in [6.07, 6.45) is -2.96. The second-order valence-electron chi connectivity index (χ2n) is 5.39. The lowest BCUT2D eigenvalue weighted by atomic mass is 10.1. The fourth-order valence-corrected chi connectivity index (χ4v) is 2.98. The average molecular weight is 417 g/mol. The lowest BCUT2D eigenvalue weighted by molar-refractivity contribution is -0.137. The monoisotopic (exact) mass is 416 g/mol. The van der Waals surface area contributed by atoms with Gasteiger partial charge in [-0.1, -0.05) is 23.4 Å². The first kappa shape index (κ1) is 19.3. The molecular weight excluding hydrogens is 405 g/mol. The first-order chi connectivity index (χ1) is 12.7. The molecule has 3 rings (SSSR count). The van der Waals surface area contributed by atoms with E-state index in [-0.39, 0.29) is 21.8 Å². The lowest BCUT2D eigenvalue weighted by Crippen LogP contribution is -2.24. The van der Waals surface area contributed by atoms with Crippen LogP contribution in [0.4, 0.5) is 18.9 Å². The minimum atomic E-state index is -4.65. The Kier molecular flexibility index (Phi) is 5.47. The summed E-state index contributed by atoms with van der Waals surface area (Å²) >= 11 is 6.56. The van der Waals surface area contributed by atoms with Crippen LogP contribution in [0.1, 0.15) is 12.5 Å². The molecule has 0 saturated heterocycles. The van der Waals surface area contributed by atoms with Gasteiger partial charge in [0.2, 0.25) is 5.91 Å². The third-order valence-corrected chi connectivity index (χ3v) is 4.60. The first-order valence-corrected chi connectivity index (χ1v) is 8.81. The fourth-order valence-electron chi connectivity index (χ4n) is 2.13. The van der Waals surface area contributed by atoms with Crippen LogP contribution in [0.3, 0.4) is 0 Å². The van der Waals surface area contributed by atoms with Gasteiger partial charge < -0.3 is 14.7 Å². The van der Waals surface area contributed by atoms with Crippen molar-refractivity contribution in [2.45, 2.75) is 23.6 Å². The molecule has 0 aliphatic heterocycles. The van der Waals surface area contributed by atoms with E-state index in [9.17, 15) is 18.0 Å². The number of alkyl halides is 3. The molecule has 2 N–H and O–H groups in total. The van der Waals surface area contributed by atoms with Crippen LogP contribution in [0, 0.1) is 0 Å². The first-order valence-electron chi connectivity index (χ1n) is 7.55. The highest BCUT2D eigenvalue weighted by molar-refractivity contribution is 8.00. The molecule has 0 aliphatic carbocycles. The van der Waals surface area contributed by atoms with Gasteiger partial charge in [0.05, 0.1) is 16.5 Å². The van der Waals surface area contributed by atoms with E-state index in [4.69, 9.17) is 16.0 Å². The summed E-state index contributed by atoms with van der Waals surface area (Å²) in [4.78, 5) is 15.2. The van der Waals surface area contributed by atoms with Gasteiger partial charge in [0, 0.05) is 11.2 Å². The number of carbonyl (C=O) groups excluding carboxylic acids is 1. The maximum absolute atomic E-state index is 13.1. The number of benzene rings is 1.